The topological polar surface area (TPSA) is 70.4 Å². The standard InChI is InChI=1S/C15H33N3O3/c19-13-10-17(7-6-16-4-2-1-3-5-16)8-9-18(11-14-20)12-15-21/h19-21H,1-15H2. The van der Waals surface area contributed by atoms with Gasteiger partial charge in [0.25, 0.3) is 0 Å². The summed E-state index contributed by atoms with van der Waals surface area (Å²) in [5.74, 6) is 0. The van der Waals surface area contributed by atoms with Crippen LogP contribution in [0.1, 0.15) is 19.3 Å². The van der Waals surface area contributed by atoms with Crippen molar-refractivity contribution in [2.24, 2.45) is 0 Å². The molecule has 1 fully saturated rings. The van der Waals surface area contributed by atoms with E-state index in [2.05, 4.69) is 14.7 Å². The molecule has 6 heteroatoms. The second kappa shape index (κ2) is 12.3. The van der Waals surface area contributed by atoms with Gasteiger partial charge < -0.3 is 20.2 Å². The SMILES string of the molecule is OCCN(CCO)CCN(CCO)CCN1CCCCC1. The van der Waals surface area contributed by atoms with E-state index in [0.717, 1.165) is 26.2 Å². The summed E-state index contributed by atoms with van der Waals surface area (Å²) < 4.78 is 0. The lowest BCUT2D eigenvalue weighted by atomic mass is 10.1. The van der Waals surface area contributed by atoms with Crippen molar-refractivity contribution in [1.82, 2.24) is 14.7 Å². The van der Waals surface area contributed by atoms with Gasteiger partial charge in [-0.15, -0.1) is 0 Å². The van der Waals surface area contributed by atoms with E-state index in [-0.39, 0.29) is 19.8 Å². The third-order valence-corrected chi connectivity index (χ3v) is 4.16. The molecule has 0 bridgehead atoms. The second-order valence-corrected chi connectivity index (χ2v) is 5.76. The molecule has 1 heterocycles. The molecule has 0 atom stereocenters. The van der Waals surface area contributed by atoms with Crippen LogP contribution < -0.4 is 0 Å². The van der Waals surface area contributed by atoms with Crippen LogP contribution in [0.2, 0.25) is 0 Å². The Morgan fingerprint density at radius 1 is 0.619 bits per heavy atom. The summed E-state index contributed by atoms with van der Waals surface area (Å²) >= 11 is 0. The van der Waals surface area contributed by atoms with Crippen molar-refractivity contribution in [2.45, 2.75) is 19.3 Å². The number of likely N-dealkylation sites (tertiary alicyclic amines) is 1. The maximum atomic E-state index is 9.20. The minimum absolute atomic E-state index is 0.119. The van der Waals surface area contributed by atoms with Crippen molar-refractivity contribution < 1.29 is 15.3 Å². The van der Waals surface area contributed by atoms with Crippen LogP contribution in [-0.2, 0) is 0 Å². The van der Waals surface area contributed by atoms with Gasteiger partial charge >= 0.3 is 0 Å². The van der Waals surface area contributed by atoms with Crippen LogP contribution in [-0.4, -0.2) is 109 Å². The number of hydrogen-bond acceptors (Lipinski definition) is 6. The summed E-state index contributed by atoms with van der Waals surface area (Å²) in [6.45, 7) is 8.45. The lowest BCUT2D eigenvalue weighted by molar-refractivity contribution is 0.122. The third kappa shape index (κ3) is 8.70. The van der Waals surface area contributed by atoms with Gasteiger partial charge in [-0.3, -0.25) is 9.80 Å². The molecule has 0 aromatic rings. The lowest BCUT2D eigenvalue weighted by Crippen LogP contribution is -2.43. The first-order valence-corrected chi connectivity index (χ1v) is 8.29. The fraction of sp³-hybridized carbons (Fsp3) is 1.00. The summed E-state index contributed by atoms with van der Waals surface area (Å²) in [4.78, 5) is 6.84. The number of hydrogen-bond donors (Lipinski definition) is 3. The molecule has 1 aliphatic rings. The molecule has 6 nitrogen and oxygen atoms in total. The molecule has 1 saturated heterocycles. The van der Waals surface area contributed by atoms with Gasteiger partial charge in [-0.1, -0.05) is 6.42 Å². The minimum Gasteiger partial charge on any atom is -0.395 e. The van der Waals surface area contributed by atoms with Crippen molar-refractivity contribution in [1.29, 1.82) is 0 Å². The number of rotatable bonds is 12. The number of piperidine rings is 1. The fourth-order valence-electron chi connectivity index (χ4n) is 2.84. The van der Waals surface area contributed by atoms with Crippen LogP contribution >= 0.6 is 0 Å². The Labute approximate surface area is 129 Å². The monoisotopic (exact) mass is 303 g/mol. The Morgan fingerprint density at radius 3 is 1.57 bits per heavy atom. The van der Waals surface area contributed by atoms with E-state index in [4.69, 9.17) is 10.2 Å². The molecule has 0 aromatic heterocycles. The van der Waals surface area contributed by atoms with Crippen molar-refractivity contribution >= 4 is 0 Å². The first kappa shape index (κ1) is 18.8. The molecule has 0 unspecified atom stereocenters. The van der Waals surface area contributed by atoms with Crippen LogP contribution in [0.3, 0.4) is 0 Å². The zero-order chi connectivity index (χ0) is 15.3. The van der Waals surface area contributed by atoms with Crippen molar-refractivity contribution in [3.8, 4) is 0 Å². The highest BCUT2D eigenvalue weighted by Gasteiger charge is 2.13. The van der Waals surface area contributed by atoms with Gasteiger partial charge in [0.1, 0.15) is 0 Å². The molecule has 21 heavy (non-hydrogen) atoms. The maximum absolute atomic E-state index is 9.20. The second-order valence-electron chi connectivity index (χ2n) is 5.76. The Hall–Kier alpha value is -0.240. The van der Waals surface area contributed by atoms with Crippen LogP contribution in [0.15, 0.2) is 0 Å². The molecule has 0 amide bonds. The van der Waals surface area contributed by atoms with E-state index in [1.165, 1.54) is 32.4 Å². The van der Waals surface area contributed by atoms with Crippen LogP contribution in [0.25, 0.3) is 0 Å². The third-order valence-electron chi connectivity index (χ3n) is 4.16. The molecule has 126 valence electrons. The van der Waals surface area contributed by atoms with E-state index >= 15 is 0 Å². The fourth-order valence-corrected chi connectivity index (χ4v) is 2.84. The van der Waals surface area contributed by atoms with Gasteiger partial charge in [-0.25, -0.2) is 0 Å². The highest BCUT2D eigenvalue weighted by atomic mass is 16.3. The average Bonchev–Trinajstić information content (AvgIpc) is 2.51. The van der Waals surface area contributed by atoms with Crippen molar-refractivity contribution in [2.75, 3.05) is 78.7 Å². The molecule has 0 aromatic carbocycles. The van der Waals surface area contributed by atoms with Gasteiger partial charge in [0.05, 0.1) is 19.8 Å². The normalized spacial score (nSPS) is 17.0. The molecule has 1 rings (SSSR count). The zero-order valence-corrected chi connectivity index (χ0v) is 13.3. The highest BCUT2D eigenvalue weighted by Crippen LogP contribution is 2.08. The summed E-state index contributed by atoms with van der Waals surface area (Å²) in [6.07, 6.45) is 3.97. The molecule has 0 saturated carbocycles. The summed E-state index contributed by atoms with van der Waals surface area (Å²) in [7, 11) is 0. The van der Waals surface area contributed by atoms with Gasteiger partial charge in [0.15, 0.2) is 0 Å². The molecular formula is C15H33N3O3. The van der Waals surface area contributed by atoms with E-state index in [9.17, 15) is 5.11 Å². The molecule has 1 aliphatic heterocycles. The van der Waals surface area contributed by atoms with Crippen molar-refractivity contribution in [3.63, 3.8) is 0 Å². The predicted octanol–water partition coefficient (Wildman–Crippen LogP) is -0.947. The maximum Gasteiger partial charge on any atom is 0.0558 e. The van der Waals surface area contributed by atoms with E-state index in [1.807, 2.05) is 0 Å². The number of nitrogens with zero attached hydrogens (tertiary/aromatic N) is 3. The molecule has 0 aliphatic carbocycles. The molecule has 0 spiro atoms. The summed E-state index contributed by atoms with van der Waals surface area (Å²) in [6, 6.07) is 0. The van der Waals surface area contributed by atoms with Crippen LogP contribution in [0, 0.1) is 0 Å². The molecular weight excluding hydrogens is 270 g/mol. The van der Waals surface area contributed by atoms with Gasteiger partial charge in [0.2, 0.25) is 0 Å². The lowest BCUT2D eigenvalue weighted by Gasteiger charge is -2.31. The van der Waals surface area contributed by atoms with Gasteiger partial charge in [-0.05, 0) is 25.9 Å². The van der Waals surface area contributed by atoms with Crippen LogP contribution in [0.5, 0.6) is 0 Å². The Morgan fingerprint density at radius 2 is 1.10 bits per heavy atom. The quantitative estimate of drug-likeness (QED) is 0.432. The largest absolute Gasteiger partial charge is 0.395 e. The number of aliphatic hydroxyl groups excluding tert-OH is 3. The van der Waals surface area contributed by atoms with Crippen LogP contribution in [0.4, 0.5) is 0 Å². The molecule has 3 N–H and O–H groups in total. The average molecular weight is 303 g/mol. The molecule has 0 radical (unpaired) electrons. The van der Waals surface area contributed by atoms with E-state index in [0.29, 0.717) is 19.6 Å². The summed E-state index contributed by atoms with van der Waals surface area (Å²) in [5, 5.41) is 27.2. The Balaban J connectivity index is 2.26. The Kier molecular flexibility index (Phi) is 11.0. The number of aliphatic hydroxyl groups is 3. The van der Waals surface area contributed by atoms with Gasteiger partial charge in [0, 0.05) is 45.8 Å². The first-order chi connectivity index (χ1) is 10.3. The smallest absolute Gasteiger partial charge is 0.0558 e. The van der Waals surface area contributed by atoms with E-state index in [1.54, 1.807) is 0 Å². The van der Waals surface area contributed by atoms with E-state index < -0.39 is 0 Å². The Bertz CT molecular complexity index is 232. The van der Waals surface area contributed by atoms with Crippen molar-refractivity contribution in [3.05, 3.63) is 0 Å². The minimum atomic E-state index is 0.119. The first-order valence-electron chi connectivity index (χ1n) is 8.29. The highest BCUT2D eigenvalue weighted by molar-refractivity contribution is 4.69. The van der Waals surface area contributed by atoms with Gasteiger partial charge in [-0.2, -0.15) is 0 Å². The summed E-state index contributed by atoms with van der Waals surface area (Å²) in [5.41, 5.74) is 0. The predicted molar refractivity (Wildman–Crippen MR) is 84.4 cm³/mol. The zero-order valence-electron chi connectivity index (χ0n) is 13.3.